The number of anilines is 1. The van der Waals surface area contributed by atoms with E-state index in [0.29, 0.717) is 51.0 Å². The molecule has 0 aliphatic carbocycles. The van der Waals surface area contributed by atoms with Gasteiger partial charge >= 0.3 is 6.18 Å². The van der Waals surface area contributed by atoms with Crippen LogP contribution in [0.3, 0.4) is 0 Å². The molecule has 0 spiro atoms. The first kappa shape index (κ1) is 24.9. The first-order valence-corrected chi connectivity index (χ1v) is 11.3. The second-order valence-electron chi connectivity index (χ2n) is 9.04. The van der Waals surface area contributed by atoms with Crippen LogP contribution in [-0.4, -0.2) is 50.2 Å². The number of hydrogen-bond acceptors (Lipinski definition) is 4. The van der Waals surface area contributed by atoms with Gasteiger partial charge in [0, 0.05) is 55.9 Å². The molecule has 0 aromatic heterocycles. The normalized spacial score (nSPS) is 22.1. The van der Waals surface area contributed by atoms with Gasteiger partial charge in [-0.25, -0.2) is 8.78 Å². The Kier molecular flexibility index (Phi) is 6.73. The van der Waals surface area contributed by atoms with E-state index in [1.54, 1.807) is 6.07 Å². The molecule has 10 heteroatoms. The van der Waals surface area contributed by atoms with Gasteiger partial charge in [0.1, 0.15) is 11.6 Å². The van der Waals surface area contributed by atoms with E-state index in [-0.39, 0.29) is 18.0 Å². The van der Waals surface area contributed by atoms with E-state index in [1.165, 1.54) is 17.0 Å². The van der Waals surface area contributed by atoms with Gasteiger partial charge in [0.25, 0.3) is 5.91 Å². The molecule has 0 unspecified atom stereocenters. The molecular weight excluding hydrogens is 469 g/mol. The molecule has 186 valence electrons. The highest BCUT2D eigenvalue weighted by molar-refractivity contribution is 5.94. The average molecular weight is 493 g/mol. The van der Waals surface area contributed by atoms with Crippen molar-refractivity contribution < 1.29 is 31.5 Å². The number of halogens is 5. The molecule has 2 aromatic rings. The number of piperidine rings is 1. The number of nitrogens with zero attached hydrogens (tertiary/aromatic N) is 3. The third-order valence-corrected chi connectivity index (χ3v) is 6.97. The Labute approximate surface area is 199 Å². The van der Waals surface area contributed by atoms with Crippen molar-refractivity contribution in [3.8, 4) is 6.07 Å². The third kappa shape index (κ3) is 4.82. The quantitative estimate of drug-likeness (QED) is 0.559. The lowest BCUT2D eigenvalue weighted by Gasteiger charge is -2.44. The van der Waals surface area contributed by atoms with E-state index >= 15 is 0 Å². The Balaban J connectivity index is 1.60. The standard InChI is InChI=1S/C25H24F5N3O2/c1-2-35-15-24-7-8-32(19-5-3-16(11-31)21(10-19)25(28,29)30)12-17(24)13-33(14-24)23(34)20-6-4-18(26)9-22(20)27/h3-6,9-10,17H,2,7-8,12-15H2,1H3/t17-,24+/m1/s1. The molecular formula is C25H24F5N3O2. The summed E-state index contributed by atoms with van der Waals surface area (Å²) < 4.78 is 73.7. The van der Waals surface area contributed by atoms with Crippen LogP contribution in [0.4, 0.5) is 27.6 Å². The lowest BCUT2D eigenvalue weighted by molar-refractivity contribution is -0.137. The van der Waals surface area contributed by atoms with Crippen molar-refractivity contribution in [1.29, 1.82) is 5.26 Å². The fourth-order valence-corrected chi connectivity index (χ4v) is 5.11. The summed E-state index contributed by atoms with van der Waals surface area (Å²) in [4.78, 5) is 16.4. The number of fused-ring (bicyclic) bond motifs is 1. The van der Waals surface area contributed by atoms with Crippen molar-refractivity contribution in [3.63, 3.8) is 0 Å². The van der Waals surface area contributed by atoms with Crippen molar-refractivity contribution in [3.05, 3.63) is 64.7 Å². The minimum Gasteiger partial charge on any atom is -0.381 e. The Hall–Kier alpha value is -3.19. The average Bonchev–Trinajstić information content (AvgIpc) is 3.20. The van der Waals surface area contributed by atoms with Crippen LogP contribution >= 0.6 is 0 Å². The van der Waals surface area contributed by atoms with Gasteiger partial charge in [0.15, 0.2) is 0 Å². The summed E-state index contributed by atoms with van der Waals surface area (Å²) in [5.41, 5.74) is -1.74. The summed E-state index contributed by atoms with van der Waals surface area (Å²) in [5, 5.41) is 9.07. The van der Waals surface area contributed by atoms with Gasteiger partial charge in [0.05, 0.1) is 29.4 Å². The van der Waals surface area contributed by atoms with Gasteiger partial charge in [-0.05, 0) is 43.7 Å². The van der Waals surface area contributed by atoms with E-state index in [0.717, 1.165) is 18.2 Å². The van der Waals surface area contributed by atoms with Crippen LogP contribution in [0.1, 0.15) is 34.8 Å². The number of likely N-dealkylation sites (tertiary alicyclic amines) is 1. The minimum atomic E-state index is -4.66. The van der Waals surface area contributed by atoms with Gasteiger partial charge in [-0.3, -0.25) is 4.79 Å². The molecule has 0 radical (unpaired) electrons. The van der Waals surface area contributed by atoms with E-state index in [4.69, 9.17) is 10.00 Å². The summed E-state index contributed by atoms with van der Waals surface area (Å²) >= 11 is 0. The Morgan fingerprint density at radius 2 is 1.97 bits per heavy atom. The van der Waals surface area contributed by atoms with Crippen LogP contribution in [0.25, 0.3) is 0 Å². The van der Waals surface area contributed by atoms with E-state index in [9.17, 15) is 26.7 Å². The van der Waals surface area contributed by atoms with Crippen molar-refractivity contribution in [2.24, 2.45) is 11.3 Å². The summed E-state index contributed by atoms with van der Waals surface area (Å²) in [6, 6.07) is 8.05. The number of ether oxygens (including phenoxy) is 1. The first-order valence-electron chi connectivity index (χ1n) is 11.3. The fraction of sp³-hybridized carbons (Fsp3) is 0.440. The summed E-state index contributed by atoms with van der Waals surface area (Å²) in [5.74, 6) is -2.42. The number of carbonyl (C=O) groups excluding carboxylic acids is 1. The number of amides is 1. The Morgan fingerprint density at radius 3 is 2.63 bits per heavy atom. The van der Waals surface area contributed by atoms with Crippen molar-refractivity contribution in [2.45, 2.75) is 19.5 Å². The van der Waals surface area contributed by atoms with Crippen LogP contribution in [-0.2, 0) is 10.9 Å². The molecule has 0 saturated carbocycles. The van der Waals surface area contributed by atoms with Gasteiger partial charge in [-0.15, -0.1) is 0 Å². The van der Waals surface area contributed by atoms with Crippen LogP contribution in [0.15, 0.2) is 36.4 Å². The molecule has 2 heterocycles. The number of rotatable bonds is 5. The predicted molar refractivity (Wildman–Crippen MR) is 118 cm³/mol. The van der Waals surface area contributed by atoms with Crippen molar-refractivity contribution in [1.82, 2.24) is 4.90 Å². The van der Waals surface area contributed by atoms with Crippen LogP contribution in [0, 0.1) is 34.3 Å². The highest BCUT2D eigenvalue weighted by atomic mass is 19.4. The lowest BCUT2D eigenvalue weighted by atomic mass is 9.73. The van der Waals surface area contributed by atoms with Gasteiger partial charge in [-0.1, -0.05) is 0 Å². The van der Waals surface area contributed by atoms with Crippen molar-refractivity contribution in [2.75, 3.05) is 44.3 Å². The molecule has 5 nitrogen and oxygen atoms in total. The molecule has 2 aliphatic rings. The zero-order valence-corrected chi connectivity index (χ0v) is 19.0. The molecule has 2 saturated heterocycles. The van der Waals surface area contributed by atoms with Gasteiger partial charge in [-0.2, -0.15) is 18.4 Å². The van der Waals surface area contributed by atoms with Crippen molar-refractivity contribution >= 4 is 11.6 Å². The number of alkyl halides is 3. The second kappa shape index (κ2) is 9.46. The van der Waals surface area contributed by atoms with Gasteiger partial charge in [0.2, 0.25) is 0 Å². The lowest BCUT2D eigenvalue weighted by Crippen LogP contribution is -2.49. The third-order valence-electron chi connectivity index (χ3n) is 6.97. The molecule has 0 N–H and O–H groups in total. The number of benzene rings is 2. The maximum atomic E-state index is 14.3. The molecule has 0 bridgehead atoms. The van der Waals surface area contributed by atoms with E-state index < -0.39 is 40.3 Å². The predicted octanol–water partition coefficient (Wildman–Crippen LogP) is 4.86. The molecule has 4 rings (SSSR count). The molecule has 2 aromatic carbocycles. The Morgan fingerprint density at radius 1 is 1.20 bits per heavy atom. The number of carbonyl (C=O) groups is 1. The van der Waals surface area contributed by atoms with E-state index in [1.807, 2.05) is 11.8 Å². The molecule has 2 atom stereocenters. The molecule has 35 heavy (non-hydrogen) atoms. The number of hydrogen-bond donors (Lipinski definition) is 0. The van der Waals surface area contributed by atoms with E-state index in [2.05, 4.69) is 0 Å². The second-order valence-corrected chi connectivity index (χ2v) is 9.04. The zero-order valence-electron chi connectivity index (χ0n) is 19.0. The maximum Gasteiger partial charge on any atom is 0.417 e. The summed E-state index contributed by atoms with van der Waals surface area (Å²) in [6.07, 6.45) is -4.11. The summed E-state index contributed by atoms with van der Waals surface area (Å²) in [7, 11) is 0. The van der Waals surface area contributed by atoms with Crippen LogP contribution < -0.4 is 4.90 Å². The highest BCUT2D eigenvalue weighted by Crippen LogP contribution is 2.45. The number of nitriles is 1. The molecule has 2 aliphatic heterocycles. The Bertz CT molecular complexity index is 1160. The molecule has 1 amide bonds. The first-order chi connectivity index (χ1) is 16.6. The zero-order chi connectivity index (χ0) is 25.4. The fourth-order valence-electron chi connectivity index (χ4n) is 5.11. The highest BCUT2D eigenvalue weighted by Gasteiger charge is 2.51. The van der Waals surface area contributed by atoms with Gasteiger partial charge < -0.3 is 14.5 Å². The van der Waals surface area contributed by atoms with Crippen LogP contribution in [0.5, 0.6) is 0 Å². The SMILES string of the molecule is CCOC[C@@]12CCN(c3ccc(C#N)c(C(F)(F)F)c3)C[C@@H]1CN(C(=O)c1ccc(F)cc1F)C2. The minimum absolute atomic E-state index is 0.139. The smallest absolute Gasteiger partial charge is 0.381 e. The summed E-state index contributed by atoms with van der Waals surface area (Å²) in [6.45, 7) is 4.04. The van der Waals surface area contributed by atoms with Crippen LogP contribution in [0.2, 0.25) is 0 Å². The largest absolute Gasteiger partial charge is 0.417 e. The maximum absolute atomic E-state index is 14.3. The monoisotopic (exact) mass is 493 g/mol. The topological polar surface area (TPSA) is 56.6 Å². The molecule has 2 fully saturated rings.